The smallest absolute Gasteiger partial charge is 0.122 e. The van der Waals surface area contributed by atoms with Crippen molar-refractivity contribution >= 4 is 17.2 Å². The zero-order chi connectivity index (χ0) is 14.5. The lowest BCUT2D eigenvalue weighted by atomic mass is 10.1. The predicted octanol–water partition coefficient (Wildman–Crippen LogP) is 2.41. The van der Waals surface area contributed by atoms with Gasteiger partial charge < -0.3 is 15.4 Å². The van der Waals surface area contributed by atoms with Gasteiger partial charge in [-0.2, -0.15) is 0 Å². The van der Waals surface area contributed by atoms with Crippen LogP contribution in [0.4, 0.5) is 0 Å². The molecule has 0 aromatic heterocycles. The zero-order valence-electron chi connectivity index (χ0n) is 12.4. The first kappa shape index (κ1) is 15.3. The molecule has 1 aromatic rings. The van der Waals surface area contributed by atoms with Crippen molar-refractivity contribution in [1.29, 1.82) is 0 Å². The van der Waals surface area contributed by atoms with Gasteiger partial charge >= 0.3 is 0 Å². The highest BCUT2D eigenvalue weighted by Crippen LogP contribution is 2.26. The number of hydrogen-bond acceptors (Lipinski definition) is 3. The normalized spacial score (nSPS) is 14.9. The van der Waals surface area contributed by atoms with E-state index in [9.17, 15) is 0 Å². The highest BCUT2D eigenvalue weighted by molar-refractivity contribution is 7.80. The molecular weight excluding hydrogens is 268 g/mol. The van der Waals surface area contributed by atoms with Crippen molar-refractivity contribution < 1.29 is 4.74 Å². The summed E-state index contributed by atoms with van der Waals surface area (Å²) in [4.78, 5) is 3.02. The number of thiocarbonyl (C=S) groups is 1. The average Bonchev–Trinajstić information content (AvgIpc) is 2.90. The first-order valence-electron chi connectivity index (χ1n) is 7.36. The van der Waals surface area contributed by atoms with Crippen molar-refractivity contribution in [2.75, 3.05) is 26.2 Å². The Morgan fingerprint density at radius 1 is 1.50 bits per heavy atom. The number of likely N-dealkylation sites (N-methyl/N-ethyl adjacent to an activating group) is 1. The minimum atomic E-state index is 0.276. The summed E-state index contributed by atoms with van der Waals surface area (Å²) >= 11 is 5.05. The van der Waals surface area contributed by atoms with Gasteiger partial charge in [0, 0.05) is 25.4 Å². The first-order valence-corrected chi connectivity index (χ1v) is 7.77. The molecule has 0 saturated carbocycles. The molecule has 2 N–H and O–H groups in total. The maximum absolute atomic E-state index is 5.70. The number of rotatable bonds is 7. The molecule has 0 bridgehead atoms. The maximum atomic E-state index is 5.70. The molecule has 2 rings (SSSR count). The second kappa shape index (κ2) is 7.04. The average molecular weight is 292 g/mol. The van der Waals surface area contributed by atoms with Crippen LogP contribution in [-0.2, 0) is 12.8 Å². The fourth-order valence-electron chi connectivity index (χ4n) is 2.54. The SMILES string of the molecule is CCN(CCc1ccc2c(c1)CCO2)CC(C)C(N)=S. The molecule has 1 aliphatic rings. The summed E-state index contributed by atoms with van der Waals surface area (Å²) in [5.74, 6) is 1.33. The second-order valence-corrected chi connectivity index (χ2v) is 5.96. The molecular formula is C16H24N2OS. The fourth-order valence-corrected chi connectivity index (χ4v) is 2.61. The van der Waals surface area contributed by atoms with Crippen LogP contribution < -0.4 is 10.5 Å². The van der Waals surface area contributed by atoms with Crippen LogP contribution >= 0.6 is 12.2 Å². The Labute approximate surface area is 127 Å². The summed E-state index contributed by atoms with van der Waals surface area (Å²) < 4.78 is 5.54. The molecule has 1 unspecified atom stereocenters. The summed E-state index contributed by atoms with van der Waals surface area (Å²) in [6, 6.07) is 6.56. The lowest BCUT2D eigenvalue weighted by molar-refractivity contribution is 0.275. The van der Waals surface area contributed by atoms with Crippen LogP contribution in [0.25, 0.3) is 0 Å². The van der Waals surface area contributed by atoms with Crippen molar-refractivity contribution in [3.8, 4) is 5.75 Å². The number of hydrogen-bond donors (Lipinski definition) is 1. The van der Waals surface area contributed by atoms with Gasteiger partial charge in [0.25, 0.3) is 0 Å². The molecule has 1 heterocycles. The van der Waals surface area contributed by atoms with Crippen LogP contribution in [0.2, 0.25) is 0 Å². The molecule has 0 fully saturated rings. The van der Waals surface area contributed by atoms with Gasteiger partial charge in [-0.3, -0.25) is 0 Å². The number of nitrogens with two attached hydrogens (primary N) is 1. The highest BCUT2D eigenvalue weighted by Gasteiger charge is 2.13. The van der Waals surface area contributed by atoms with Crippen LogP contribution in [0.5, 0.6) is 5.75 Å². The molecule has 110 valence electrons. The monoisotopic (exact) mass is 292 g/mol. The fraction of sp³-hybridized carbons (Fsp3) is 0.562. The van der Waals surface area contributed by atoms with Gasteiger partial charge in [-0.15, -0.1) is 0 Å². The Kier molecular flexibility index (Phi) is 5.38. The van der Waals surface area contributed by atoms with Crippen LogP contribution in [0.15, 0.2) is 18.2 Å². The largest absolute Gasteiger partial charge is 0.493 e. The van der Waals surface area contributed by atoms with Crippen LogP contribution in [0.3, 0.4) is 0 Å². The minimum absolute atomic E-state index is 0.276. The minimum Gasteiger partial charge on any atom is -0.493 e. The summed E-state index contributed by atoms with van der Waals surface area (Å²) in [7, 11) is 0. The van der Waals surface area contributed by atoms with E-state index in [4.69, 9.17) is 22.7 Å². The lowest BCUT2D eigenvalue weighted by Gasteiger charge is -2.23. The lowest BCUT2D eigenvalue weighted by Crippen LogP contribution is -2.35. The van der Waals surface area contributed by atoms with E-state index in [1.165, 1.54) is 11.1 Å². The Morgan fingerprint density at radius 2 is 2.30 bits per heavy atom. The van der Waals surface area contributed by atoms with Crippen molar-refractivity contribution in [2.24, 2.45) is 11.7 Å². The number of ether oxygens (including phenoxy) is 1. The first-order chi connectivity index (χ1) is 9.60. The van der Waals surface area contributed by atoms with E-state index < -0.39 is 0 Å². The van der Waals surface area contributed by atoms with Gasteiger partial charge in [-0.25, -0.2) is 0 Å². The van der Waals surface area contributed by atoms with Crippen molar-refractivity contribution in [2.45, 2.75) is 26.7 Å². The number of benzene rings is 1. The van der Waals surface area contributed by atoms with Gasteiger partial charge in [0.1, 0.15) is 5.75 Å². The molecule has 4 heteroatoms. The third-order valence-corrected chi connectivity index (χ3v) is 4.34. The van der Waals surface area contributed by atoms with Crippen molar-refractivity contribution in [3.05, 3.63) is 29.3 Å². The zero-order valence-corrected chi connectivity index (χ0v) is 13.2. The third-order valence-electron chi connectivity index (χ3n) is 3.94. The Balaban J connectivity index is 1.88. The van der Waals surface area contributed by atoms with E-state index in [0.717, 1.165) is 44.8 Å². The van der Waals surface area contributed by atoms with E-state index in [1.54, 1.807) is 0 Å². The maximum Gasteiger partial charge on any atom is 0.122 e. The van der Waals surface area contributed by atoms with E-state index in [1.807, 2.05) is 0 Å². The topological polar surface area (TPSA) is 38.5 Å². The predicted molar refractivity (Wildman–Crippen MR) is 87.4 cm³/mol. The standard InChI is InChI=1S/C16H24N2OS/c1-3-18(11-12(2)16(17)20)8-6-13-4-5-15-14(10-13)7-9-19-15/h4-5,10,12H,3,6-9,11H2,1-2H3,(H2,17,20). The molecule has 0 amide bonds. The number of nitrogens with zero attached hydrogens (tertiary/aromatic N) is 1. The van der Waals surface area contributed by atoms with Gasteiger partial charge in [0.15, 0.2) is 0 Å². The molecule has 0 radical (unpaired) electrons. The molecule has 0 spiro atoms. The third kappa shape index (κ3) is 3.93. The van der Waals surface area contributed by atoms with Crippen molar-refractivity contribution in [1.82, 2.24) is 4.90 Å². The second-order valence-electron chi connectivity index (χ2n) is 5.49. The molecule has 3 nitrogen and oxygen atoms in total. The van der Waals surface area contributed by atoms with Gasteiger partial charge in [-0.05, 0) is 30.2 Å². The molecule has 1 aliphatic heterocycles. The Morgan fingerprint density at radius 3 is 3.00 bits per heavy atom. The highest BCUT2D eigenvalue weighted by atomic mass is 32.1. The Hall–Kier alpha value is -1.13. The summed E-state index contributed by atoms with van der Waals surface area (Å²) in [6.07, 6.45) is 2.10. The molecule has 0 saturated heterocycles. The van der Waals surface area contributed by atoms with Crippen LogP contribution in [0, 0.1) is 5.92 Å². The van der Waals surface area contributed by atoms with E-state index >= 15 is 0 Å². The van der Waals surface area contributed by atoms with Crippen molar-refractivity contribution in [3.63, 3.8) is 0 Å². The molecule has 1 atom stereocenters. The van der Waals surface area contributed by atoms with E-state index in [0.29, 0.717) is 4.99 Å². The summed E-state index contributed by atoms with van der Waals surface area (Å²) in [6.45, 7) is 8.12. The van der Waals surface area contributed by atoms with E-state index in [2.05, 4.69) is 36.9 Å². The quantitative estimate of drug-likeness (QED) is 0.783. The summed E-state index contributed by atoms with van der Waals surface area (Å²) in [5, 5.41) is 0. The molecule has 20 heavy (non-hydrogen) atoms. The van der Waals surface area contributed by atoms with E-state index in [-0.39, 0.29) is 5.92 Å². The van der Waals surface area contributed by atoms with Crippen LogP contribution in [-0.4, -0.2) is 36.1 Å². The van der Waals surface area contributed by atoms with Gasteiger partial charge in [-0.1, -0.05) is 38.2 Å². The summed E-state index contributed by atoms with van der Waals surface area (Å²) in [5.41, 5.74) is 8.43. The number of fused-ring (bicyclic) bond motifs is 1. The molecule has 1 aromatic carbocycles. The van der Waals surface area contributed by atoms with Crippen LogP contribution in [0.1, 0.15) is 25.0 Å². The van der Waals surface area contributed by atoms with Gasteiger partial charge in [0.2, 0.25) is 0 Å². The Bertz CT molecular complexity index is 476. The van der Waals surface area contributed by atoms with Gasteiger partial charge in [0.05, 0.1) is 11.6 Å². The molecule has 0 aliphatic carbocycles.